The van der Waals surface area contributed by atoms with E-state index in [2.05, 4.69) is 4.90 Å². The van der Waals surface area contributed by atoms with E-state index in [1.54, 1.807) is 12.1 Å². The lowest BCUT2D eigenvalue weighted by Gasteiger charge is -2.33. The third-order valence-electron chi connectivity index (χ3n) is 5.03. The van der Waals surface area contributed by atoms with Crippen molar-refractivity contribution in [1.29, 1.82) is 0 Å². The first-order valence-electron chi connectivity index (χ1n) is 7.98. The first-order chi connectivity index (χ1) is 9.66. The number of rotatable bonds is 3. The van der Waals surface area contributed by atoms with Gasteiger partial charge in [0.05, 0.1) is 0 Å². The molecule has 3 heteroatoms. The highest BCUT2D eigenvalue weighted by molar-refractivity contribution is 5.56. The number of benzene rings is 1. The quantitative estimate of drug-likeness (QED) is 0.904. The molecule has 1 saturated carbocycles. The van der Waals surface area contributed by atoms with Crippen molar-refractivity contribution in [3.05, 3.63) is 29.6 Å². The number of nitrogens with two attached hydrogens (primary N) is 1. The molecule has 2 N–H and O–H groups in total. The molecule has 2 aliphatic rings. The lowest BCUT2D eigenvalue weighted by molar-refractivity contribution is 0.430. The van der Waals surface area contributed by atoms with E-state index in [1.807, 2.05) is 13.0 Å². The molecule has 1 aliphatic carbocycles. The molecule has 0 amide bonds. The van der Waals surface area contributed by atoms with Crippen LogP contribution in [-0.2, 0) is 0 Å². The second kappa shape index (κ2) is 5.72. The van der Waals surface area contributed by atoms with Gasteiger partial charge in [-0.1, -0.05) is 12.8 Å². The predicted octanol–water partition coefficient (Wildman–Crippen LogP) is 4.00. The fraction of sp³-hybridized carbons (Fsp3) is 0.647. The third-order valence-corrected chi connectivity index (χ3v) is 5.03. The van der Waals surface area contributed by atoms with Crippen molar-refractivity contribution < 1.29 is 4.39 Å². The highest BCUT2D eigenvalue weighted by atomic mass is 19.1. The smallest absolute Gasteiger partial charge is 0.123 e. The first kappa shape index (κ1) is 13.9. The SMILES string of the molecule is C[C@H](N)c1cc(F)ccc1N1CCCC1C1CCCC1. The maximum absolute atomic E-state index is 13.5. The zero-order valence-corrected chi connectivity index (χ0v) is 12.3. The van der Waals surface area contributed by atoms with Crippen molar-refractivity contribution in [3.8, 4) is 0 Å². The number of halogens is 1. The summed E-state index contributed by atoms with van der Waals surface area (Å²) in [6.07, 6.45) is 7.99. The fourth-order valence-corrected chi connectivity index (χ4v) is 4.08. The lowest BCUT2D eigenvalue weighted by Crippen LogP contribution is -2.35. The minimum Gasteiger partial charge on any atom is -0.368 e. The van der Waals surface area contributed by atoms with E-state index in [-0.39, 0.29) is 11.9 Å². The molecule has 1 unspecified atom stereocenters. The van der Waals surface area contributed by atoms with Gasteiger partial charge in [0.25, 0.3) is 0 Å². The zero-order chi connectivity index (χ0) is 14.1. The van der Waals surface area contributed by atoms with E-state index in [9.17, 15) is 4.39 Å². The van der Waals surface area contributed by atoms with Gasteiger partial charge in [0, 0.05) is 24.3 Å². The van der Waals surface area contributed by atoms with Crippen LogP contribution >= 0.6 is 0 Å². The lowest BCUT2D eigenvalue weighted by atomic mass is 9.95. The van der Waals surface area contributed by atoms with Crippen LogP contribution in [-0.4, -0.2) is 12.6 Å². The monoisotopic (exact) mass is 276 g/mol. The Hall–Kier alpha value is -1.09. The van der Waals surface area contributed by atoms with E-state index in [0.29, 0.717) is 6.04 Å². The highest BCUT2D eigenvalue weighted by Crippen LogP contribution is 2.39. The summed E-state index contributed by atoms with van der Waals surface area (Å²) in [4.78, 5) is 2.51. The Morgan fingerprint density at radius 2 is 1.95 bits per heavy atom. The van der Waals surface area contributed by atoms with Gasteiger partial charge in [-0.25, -0.2) is 4.39 Å². The molecule has 110 valence electrons. The van der Waals surface area contributed by atoms with Crippen molar-refractivity contribution in [1.82, 2.24) is 0 Å². The Balaban J connectivity index is 1.90. The standard InChI is InChI=1S/C17H25FN2/c1-12(19)15-11-14(18)8-9-17(15)20-10-4-7-16(20)13-5-2-3-6-13/h8-9,11-13,16H,2-7,10,19H2,1H3/t12-,16?/m0/s1. The molecule has 3 rings (SSSR count). The molecule has 1 aliphatic heterocycles. The Labute approximate surface area is 121 Å². The maximum atomic E-state index is 13.5. The predicted molar refractivity (Wildman–Crippen MR) is 81.3 cm³/mol. The molecular weight excluding hydrogens is 251 g/mol. The summed E-state index contributed by atoms with van der Waals surface area (Å²) in [6.45, 7) is 3.03. The van der Waals surface area contributed by atoms with Crippen molar-refractivity contribution in [3.63, 3.8) is 0 Å². The normalized spacial score (nSPS) is 25.4. The molecule has 0 radical (unpaired) electrons. The van der Waals surface area contributed by atoms with Crippen molar-refractivity contribution in [2.45, 2.75) is 57.5 Å². The second-order valence-corrected chi connectivity index (χ2v) is 6.44. The van der Waals surface area contributed by atoms with Crippen molar-refractivity contribution in [2.24, 2.45) is 11.7 Å². The molecular formula is C17H25FN2. The van der Waals surface area contributed by atoms with Crippen LogP contribution in [0, 0.1) is 11.7 Å². The van der Waals surface area contributed by atoms with E-state index in [1.165, 1.54) is 38.5 Å². The summed E-state index contributed by atoms with van der Waals surface area (Å²) in [5.41, 5.74) is 8.17. The fourth-order valence-electron chi connectivity index (χ4n) is 4.08. The summed E-state index contributed by atoms with van der Waals surface area (Å²) in [5.74, 6) is 0.640. The molecule has 2 fully saturated rings. The van der Waals surface area contributed by atoms with Gasteiger partial charge in [-0.05, 0) is 62.3 Å². The molecule has 0 aromatic heterocycles. The maximum Gasteiger partial charge on any atom is 0.123 e. The Morgan fingerprint density at radius 3 is 2.65 bits per heavy atom. The number of nitrogens with zero attached hydrogens (tertiary/aromatic N) is 1. The summed E-state index contributed by atoms with van der Waals surface area (Å²) >= 11 is 0. The van der Waals surface area contributed by atoms with Gasteiger partial charge < -0.3 is 10.6 Å². The van der Waals surface area contributed by atoms with Crippen LogP contribution in [0.4, 0.5) is 10.1 Å². The molecule has 1 aromatic rings. The molecule has 0 spiro atoms. The summed E-state index contributed by atoms with van der Waals surface area (Å²) < 4.78 is 13.5. The summed E-state index contributed by atoms with van der Waals surface area (Å²) in [7, 11) is 0. The van der Waals surface area contributed by atoms with Gasteiger partial charge in [0.15, 0.2) is 0 Å². The van der Waals surface area contributed by atoms with Crippen LogP contribution in [0.25, 0.3) is 0 Å². The van der Waals surface area contributed by atoms with Gasteiger partial charge in [0.2, 0.25) is 0 Å². The molecule has 1 heterocycles. The Kier molecular flexibility index (Phi) is 3.97. The van der Waals surface area contributed by atoms with Crippen LogP contribution in [0.3, 0.4) is 0 Å². The van der Waals surface area contributed by atoms with E-state index >= 15 is 0 Å². The summed E-state index contributed by atoms with van der Waals surface area (Å²) in [6, 6.07) is 5.64. The Morgan fingerprint density at radius 1 is 1.20 bits per heavy atom. The minimum atomic E-state index is -0.183. The largest absolute Gasteiger partial charge is 0.368 e. The van der Waals surface area contributed by atoms with Gasteiger partial charge in [-0.2, -0.15) is 0 Å². The second-order valence-electron chi connectivity index (χ2n) is 6.44. The molecule has 2 nitrogen and oxygen atoms in total. The van der Waals surface area contributed by atoms with Crippen LogP contribution < -0.4 is 10.6 Å². The van der Waals surface area contributed by atoms with Crippen LogP contribution in [0.1, 0.15) is 57.1 Å². The number of hydrogen-bond donors (Lipinski definition) is 1. The third kappa shape index (κ3) is 2.56. The molecule has 20 heavy (non-hydrogen) atoms. The Bertz CT molecular complexity index is 466. The average molecular weight is 276 g/mol. The number of anilines is 1. The molecule has 1 aromatic carbocycles. The van der Waals surface area contributed by atoms with Gasteiger partial charge >= 0.3 is 0 Å². The van der Waals surface area contributed by atoms with E-state index in [4.69, 9.17) is 5.73 Å². The summed E-state index contributed by atoms with van der Waals surface area (Å²) in [5, 5.41) is 0. The molecule has 0 bridgehead atoms. The van der Waals surface area contributed by atoms with Crippen molar-refractivity contribution >= 4 is 5.69 Å². The highest BCUT2D eigenvalue weighted by Gasteiger charge is 2.34. The molecule has 2 atom stereocenters. The minimum absolute atomic E-state index is 0.120. The van der Waals surface area contributed by atoms with Crippen LogP contribution in [0.2, 0.25) is 0 Å². The average Bonchev–Trinajstić information content (AvgIpc) is 3.09. The van der Waals surface area contributed by atoms with E-state index in [0.717, 1.165) is 23.7 Å². The van der Waals surface area contributed by atoms with Gasteiger partial charge in [-0.15, -0.1) is 0 Å². The topological polar surface area (TPSA) is 29.3 Å². The first-order valence-corrected chi connectivity index (χ1v) is 7.98. The van der Waals surface area contributed by atoms with Gasteiger partial charge in [-0.3, -0.25) is 0 Å². The zero-order valence-electron chi connectivity index (χ0n) is 12.3. The number of hydrogen-bond acceptors (Lipinski definition) is 2. The van der Waals surface area contributed by atoms with Crippen LogP contribution in [0.15, 0.2) is 18.2 Å². The van der Waals surface area contributed by atoms with E-state index < -0.39 is 0 Å². The molecule has 1 saturated heterocycles. The van der Waals surface area contributed by atoms with Crippen molar-refractivity contribution in [2.75, 3.05) is 11.4 Å². The van der Waals surface area contributed by atoms with Gasteiger partial charge in [0.1, 0.15) is 5.82 Å². The van der Waals surface area contributed by atoms with Crippen LogP contribution in [0.5, 0.6) is 0 Å².